The van der Waals surface area contributed by atoms with Crippen LogP contribution in [0.5, 0.6) is 5.75 Å². The van der Waals surface area contributed by atoms with E-state index in [1.165, 1.54) is 20.1 Å². The summed E-state index contributed by atoms with van der Waals surface area (Å²) in [5.41, 5.74) is 1.31. The van der Waals surface area contributed by atoms with Gasteiger partial charge in [-0.05, 0) is 49.4 Å². The Bertz CT molecular complexity index is 622. The van der Waals surface area contributed by atoms with Crippen LogP contribution >= 0.6 is 10.7 Å². The van der Waals surface area contributed by atoms with Crippen molar-refractivity contribution in [2.45, 2.75) is 37.0 Å². The molecule has 6 heteroatoms. The molecule has 0 aromatic heterocycles. The average molecular weight is 303 g/mol. The van der Waals surface area contributed by atoms with Crippen LogP contribution in [0.2, 0.25) is 0 Å². The number of halogens is 1. The van der Waals surface area contributed by atoms with Crippen molar-refractivity contribution in [2.24, 2.45) is 0 Å². The quantitative estimate of drug-likeness (QED) is 0.805. The maximum atomic E-state index is 11.8. The van der Waals surface area contributed by atoms with E-state index in [4.69, 9.17) is 15.4 Å². The van der Waals surface area contributed by atoms with Gasteiger partial charge in [0.15, 0.2) is 0 Å². The normalized spacial score (nSPS) is 18.8. The van der Waals surface area contributed by atoms with E-state index in [1.54, 1.807) is 6.07 Å². The van der Waals surface area contributed by atoms with Gasteiger partial charge in [-0.2, -0.15) is 0 Å². The van der Waals surface area contributed by atoms with Crippen molar-refractivity contribution >= 4 is 25.5 Å². The number of hydrogen-bond donors (Lipinski definition) is 0. The summed E-state index contributed by atoms with van der Waals surface area (Å²) in [7, 11) is 3.14. The number of methoxy groups -OCH3 is 1. The van der Waals surface area contributed by atoms with Crippen molar-refractivity contribution in [3.8, 4) is 5.75 Å². The Balaban J connectivity index is 2.77. The van der Waals surface area contributed by atoms with Crippen molar-refractivity contribution < 1.29 is 17.9 Å². The molecule has 4 nitrogen and oxygen atoms in total. The Morgan fingerprint density at radius 3 is 2.63 bits per heavy atom. The van der Waals surface area contributed by atoms with E-state index in [0.29, 0.717) is 24.2 Å². The highest BCUT2D eigenvalue weighted by atomic mass is 35.7. The zero-order valence-electron chi connectivity index (χ0n) is 10.8. The predicted octanol–water partition coefficient (Wildman–Crippen LogP) is 2.63. The summed E-state index contributed by atoms with van der Waals surface area (Å²) in [5, 5.41) is 0. The first-order valence-electron chi connectivity index (χ1n) is 6.01. The van der Waals surface area contributed by atoms with Crippen LogP contribution in [0.25, 0.3) is 0 Å². The number of ketones is 1. The van der Waals surface area contributed by atoms with Crippen molar-refractivity contribution in [1.29, 1.82) is 0 Å². The predicted molar refractivity (Wildman–Crippen MR) is 72.4 cm³/mol. The van der Waals surface area contributed by atoms with E-state index < -0.39 is 15.0 Å². The minimum atomic E-state index is -3.87. The van der Waals surface area contributed by atoms with E-state index in [-0.39, 0.29) is 10.7 Å². The van der Waals surface area contributed by atoms with Crippen molar-refractivity contribution in [2.75, 3.05) is 7.11 Å². The van der Waals surface area contributed by atoms with Gasteiger partial charge in [0.2, 0.25) is 0 Å². The smallest absolute Gasteiger partial charge is 0.261 e. The van der Waals surface area contributed by atoms with Crippen molar-refractivity contribution in [1.82, 2.24) is 0 Å². The zero-order valence-corrected chi connectivity index (χ0v) is 12.3. The van der Waals surface area contributed by atoms with Crippen LogP contribution in [0.1, 0.15) is 36.8 Å². The van der Waals surface area contributed by atoms with Crippen LogP contribution in [-0.2, 0) is 20.3 Å². The standard InChI is InChI=1S/C13H15ClO4S/c1-8(15)9-4-3-5-10-11(18-2)6-7-12(13(9)10)19(14,16)17/h6-7,9H,3-5H2,1-2H3. The summed E-state index contributed by atoms with van der Waals surface area (Å²) < 4.78 is 28.6. The molecule has 0 spiro atoms. The minimum absolute atomic E-state index is 0.0323. The Labute approximate surface area is 117 Å². The van der Waals surface area contributed by atoms with Gasteiger partial charge in [0.05, 0.1) is 12.0 Å². The maximum Gasteiger partial charge on any atom is 0.261 e. The van der Waals surface area contributed by atoms with Gasteiger partial charge in [-0.15, -0.1) is 0 Å². The van der Waals surface area contributed by atoms with Gasteiger partial charge in [0.25, 0.3) is 9.05 Å². The molecule has 1 aliphatic carbocycles. The summed E-state index contributed by atoms with van der Waals surface area (Å²) in [5.74, 6) is 0.156. The third-order valence-electron chi connectivity index (χ3n) is 3.52. The SMILES string of the molecule is COc1ccc(S(=O)(=O)Cl)c2c1CCCC2C(C)=O. The Hall–Kier alpha value is -1.07. The third kappa shape index (κ3) is 2.62. The van der Waals surface area contributed by atoms with E-state index in [1.807, 2.05) is 0 Å². The molecule has 0 bridgehead atoms. The van der Waals surface area contributed by atoms with Gasteiger partial charge in [0, 0.05) is 16.6 Å². The number of Topliss-reactive ketones (excluding diaryl/α,β-unsaturated/α-hetero) is 1. The molecule has 1 aromatic carbocycles. The van der Waals surface area contributed by atoms with E-state index in [0.717, 1.165) is 12.0 Å². The van der Waals surface area contributed by atoms with Gasteiger partial charge < -0.3 is 4.74 Å². The van der Waals surface area contributed by atoms with Gasteiger partial charge in [-0.1, -0.05) is 0 Å². The molecule has 19 heavy (non-hydrogen) atoms. The summed E-state index contributed by atoms with van der Waals surface area (Å²) in [6.07, 6.45) is 2.18. The highest BCUT2D eigenvalue weighted by Crippen LogP contribution is 2.41. The number of carbonyl (C=O) groups is 1. The fourth-order valence-electron chi connectivity index (χ4n) is 2.70. The zero-order chi connectivity index (χ0) is 14.2. The summed E-state index contributed by atoms with van der Waals surface area (Å²) in [4.78, 5) is 11.8. The number of ether oxygens (including phenoxy) is 1. The molecule has 0 saturated carbocycles. The number of rotatable bonds is 3. The first-order valence-corrected chi connectivity index (χ1v) is 8.32. The lowest BCUT2D eigenvalue weighted by molar-refractivity contribution is -0.118. The lowest BCUT2D eigenvalue weighted by atomic mass is 9.80. The molecule has 0 saturated heterocycles. The van der Waals surface area contributed by atoms with E-state index in [9.17, 15) is 13.2 Å². The first kappa shape index (κ1) is 14.3. The number of hydrogen-bond acceptors (Lipinski definition) is 4. The van der Waals surface area contributed by atoms with Crippen LogP contribution in [0, 0.1) is 0 Å². The molecule has 1 unspecified atom stereocenters. The first-order chi connectivity index (χ1) is 8.86. The maximum absolute atomic E-state index is 11.8. The number of benzene rings is 1. The van der Waals surface area contributed by atoms with E-state index in [2.05, 4.69) is 0 Å². The van der Waals surface area contributed by atoms with Crippen LogP contribution in [-0.4, -0.2) is 21.3 Å². The second kappa shape index (κ2) is 5.13. The Morgan fingerprint density at radius 2 is 2.11 bits per heavy atom. The largest absolute Gasteiger partial charge is 0.496 e. The lowest BCUT2D eigenvalue weighted by Crippen LogP contribution is -2.19. The number of fused-ring (bicyclic) bond motifs is 1. The van der Waals surface area contributed by atoms with Gasteiger partial charge in [-0.3, -0.25) is 4.79 Å². The highest BCUT2D eigenvalue weighted by molar-refractivity contribution is 8.13. The third-order valence-corrected chi connectivity index (χ3v) is 4.90. The minimum Gasteiger partial charge on any atom is -0.496 e. The number of carbonyl (C=O) groups excluding carboxylic acids is 1. The fraction of sp³-hybridized carbons (Fsp3) is 0.462. The van der Waals surface area contributed by atoms with Gasteiger partial charge >= 0.3 is 0 Å². The average Bonchev–Trinajstić information content (AvgIpc) is 2.35. The van der Waals surface area contributed by atoms with Crippen LogP contribution in [0.4, 0.5) is 0 Å². The lowest BCUT2D eigenvalue weighted by Gasteiger charge is -2.26. The molecule has 1 aliphatic rings. The second-order valence-corrected chi connectivity index (χ2v) is 7.19. The molecule has 0 radical (unpaired) electrons. The van der Waals surface area contributed by atoms with E-state index >= 15 is 0 Å². The van der Waals surface area contributed by atoms with Gasteiger partial charge in [0.1, 0.15) is 11.5 Å². The Kier molecular flexibility index (Phi) is 3.87. The monoisotopic (exact) mass is 302 g/mol. The summed E-state index contributed by atoms with van der Waals surface area (Å²) >= 11 is 0. The summed E-state index contributed by atoms with van der Waals surface area (Å²) in [6.45, 7) is 1.48. The molecule has 0 fully saturated rings. The molecule has 0 heterocycles. The Morgan fingerprint density at radius 1 is 1.42 bits per heavy atom. The molecule has 1 atom stereocenters. The fourth-order valence-corrected chi connectivity index (χ4v) is 3.86. The molecule has 104 valence electrons. The second-order valence-electron chi connectivity index (χ2n) is 4.65. The van der Waals surface area contributed by atoms with Crippen LogP contribution in [0.3, 0.4) is 0 Å². The molecular weight excluding hydrogens is 288 g/mol. The highest BCUT2D eigenvalue weighted by Gasteiger charge is 2.32. The molecule has 2 rings (SSSR count). The molecule has 0 aliphatic heterocycles. The van der Waals surface area contributed by atoms with Crippen molar-refractivity contribution in [3.05, 3.63) is 23.3 Å². The molecule has 0 N–H and O–H groups in total. The summed E-state index contributed by atoms with van der Waals surface area (Å²) in [6, 6.07) is 3.01. The molecule has 0 amide bonds. The molecule has 1 aromatic rings. The van der Waals surface area contributed by atoms with Gasteiger partial charge in [-0.25, -0.2) is 8.42 Å². The van der Waals surface area contributed by atoms with Crippen LogP contribution < -0.4 is 4.74 Å². The van der Waals surface area contributed by atoms with Crippen molar-refractivity contribution in [3.63, 3.8) is 0 Å². The topological polar surface area (TPSA) is 60.4 Å². The van der Waals surface area contributed by atoms with Crippen LogP contribution in [0.15, 0.2) is 17.0 Å². The molecular formula is C13H15ClO4S.